The first-order valence-electron chi connectivity index (χ1n) is 9.39. The summed E-state index contributed by atoms with van der Waals surface area (Å²) in [7, 11) is 1.62. The molecule has 1 aliphatic rings. The van der Waals surface area contributed by atoms with Crippen molar-refractivity contribution in [3.05, 3.63) is 84.4 Å². The number of hydrogen-bond acceptors (Lipinski definition) is 4. The number of ether oxygens (including phenoxy) is 2. The lowest BCUT2D eigenvalue weighted by Crippen LogP contribution is -2.34. The van der Waals surface area contributed by atoms with Crippen LogP contribution in [-0.2, 0) is 0 Å². The van der Waals surface area contributed by atoms with E-state index in [9.17, 15) is 4.79 Å². The van der Waals surface area contributed by atoms with Gasteiger partial charge in [-0.3, -0.25) is 0 Å². The third-order valence-corrected chi connectivity index (χ3v) is 5.88. The van der Waals surface area contributed by atoms with Gasteiger partial charge in [0.1, 0.15) is 22.6 Å². The average Bonchev–Trinajstić information content (AvgIpc) is 3.25. The number of para-hydroxylation sites is 1. The predicted octanol–water partition coefficient (Wildman–Crippen LogP) is 5.77. The van der Waals surface area contributed by atoms with E-state index < -0.39 is 0 Å². The minimum Gasteiger partial charge on any atom is -0.497 e. The van der Waals surface area contributed by atoms with Crippen molar-refractivity contribution in [3.63, 3.8) is 0 Å². The van der Waals surface area contributed by atoms with Crippen LogP contribution in [0.15, 0.2) is 78.9 Å². The summed E-state index contributed by atoms with van der Waals surface area (Å²) in [6.45, 7) is 0.696. The fraction of sp³-hybridized carbons (Fsp3) is 0.174. The predicted molar refractivity (Wildman–Crippen MR) is 117 cm³/mol. The highest BCUT2D eigenvalue weighted by Crippen LogP contribution is 2.39. The largest absolute Gasteiger partial charge is 0.497 e. The monoisotopic (exact) mass is 406 g/mol. The molecule has 29 heavy (non-hydrogen) atoms. The number of carbonyl (C=O) groups excluding carboxylic acids is 1. The maximum Gasteiger partial charge on any atom is 0.323 e. The van der Waals surface area contributed by atoms with E-state index in [1.165, 1.54) is 0 Å². The molecule has 0 aromatic heterocycles. The molecule has 1 unspecified atom stereocenters. The van der Waals surface area contributed by atoms with Gasteiger partial charge in [0.05, 0.1) is 7.11 Å². The van der Waals surface area contributed by atoms with Crippen molar-refractivity contribution in [2.45, 2.75) is 5.37 Å². The third kappa shape index (κ3) is 4.66. The molecule has 5 nitrogen and oxygen atoms in total. The molecule has 1 atom stereocenters. The first kappa shape index (κ1) is 19.2. The van der Waals surface area contributed by atoms with Crippen LogP contribution in [-0.4, -0.2) is 30.3 Å². The first-order chi connectivity index (χ1) is 14.2. The molecular formula is C23H22N2O3S. The normalized spacial score (nSPS) is 15.8. The van der Waals surface area contributed by atoms with E-state index in [2.05, 4.69) is 5.32 Å². The standard InChI is InChI=1S/C23H22N2O3S/c1-27-19-12-10-18(11-13-19)24-23(26)25-14-15-29-22(25)17-6-5-9-21(16-17)28-20-7-3-2-4-8-20/h2-13,16,22H,14-15H2,1H3,(H,24,26). The number of carbonyl (C=O) groups is 1. The van der Waals surface area contributed by atoms with Gasteiger partial charge in [-0.15, -0.1) is 11.8 Å². The maximum absolute atomic E-state index is 12.9. The Hall–Kier alpha value is -3.12. The van der Waals surface area contributed by atoms with Crippen LogP contribution in [0.3, 0.4) is 0 Å². The molecule has 1 saturated heterocycles. The van der Waals surface area contributed by atoms with Crippen molar-refractivity contribution in [1.82, 2.24) is 4.90 Å². The quantitative estimate of drug-likeness (QED) is 0.585. The molecule has 3 aromatic rings. The SMILES string of the molecule is COc1ccc(NC(=O)N2CCSC2c2cccc(Oc3ccccc3)c2)cc1. The molecule has 1 fully saturated rings. The summed E-state index contributed by atoms with van der Waals surface area (Å²) >= 11 is 1.75. The average molecular weight is 407 g/mol. The summed E-state index contributed by atoms with van der Waals surface area (Å²) in [5.41, 5.74) is 1.79. The van der Waals surface area contributed by atoms with E-state index in [4.69, 9.17) is 9.47 Å². The highest BCUT2D eigenvalue weighted by atomic mass is 32.2. The van der Waals surface area contributed by atoms with Crippen LogP contribution in [0.2, 0.25) is 0 Å². The van der Waals surface area contributed by atoms with Crippen molar-refractivity contribution in [2.75, 3.05) is 24.7 Å². The minimum absolute atomic E-state index is 0.0485. The Labute approximate surface area is 174 Å². The molecule has 2 amide bonds. The van der Waals surface area contributed by atoms with Gasteiger partial charge in [0.15, 0.2) is 0 Å². The zero-order chi connectivity index (χ0) is 20.1. The van der Waals surface area contributed by atoms with Gasteiger partial charge in [-0.25, -0.2) is 4.79 Å². The molecule has 6 heteroatoms. The number of nitrogens with zero attached hydrogens (tertiary/aromatic N) is 1. The van der Waals surface area contributed by atoms with Crippen molar-refractivity contribution in [1.29, 1.82) is 0 Å². The Morgan fingerprint density at radius 1 is 0.966 bits per heavy atom. The Bertz CT molecular complexity index is 963. The Balaban J connectivity index is 1.47. The van der Waals surface area contributed by atoms with Gasteiger partial charge in [0.2, 0.25) is 0 Å². The van der Waals surface area contributed by atoms with Crippen LogP contribution < -0.4 is 14.8 Å². The Morgan fingerprint density at radius 3 is 2.48 bits per heavy atom. The summed E-state index contributed by atoms with van der Waals surface area (Å²) in [5.74, 6) is 3.20. The van der Waals surface area contributed by atoms with Gasteiger partial charge in [0, 0.05) is 18.0 Å². The number of anilines is 1. The van der Waals surface area contributed by atoms with Crippen molar-refractivity contribution >= 4 is 23.5 Å². The van der Waals surface area contributed by atoms with Crippen molar-refractivity contribution < 1.29 is 14.3 Å². The summed E-state index contributed by atoms with van der Waals surface area (Å²) in [6.07, 6.45) is 0. The lowest BCUT2D eigenvalue weighted by molar-refractivity contribution is 0.214. The van der Waals surface area contributed by atoms with Crippen LogP contribution in [0.4, 0.5) is 10.5 Å². The van der Waals surface area contributed by atoms with E-state index in [-0.39, 0.29) is 11.4 Å². The second-order valence-electron chi connectivity index (χ2n) is 6.56. The van der Waals surface area contributed by atoms with Crippen molar-refractivity contribution in [3.8, 4) is 17.2 Å². The Kier molecular flexibility index (Phi) is 5.91. The number of amides is 2. The number of methoxy groups -OCH3 is 1. The number of nitrogens with one attached hydrogen (secondary N) is 1. The van der Waals surface area contributed by atoms with Gasteiger partial charge in [0.25, 0.3) is 0 Å². The van der Waals surface area contributed by atoms with Crippen LogP contribution in [0.25, 0.3) is 0 Å². The molecule has 1 heterocycles. The zero-order valence-electron chi connectivity index (χ0n) is 16.1. The molecule has 0 spiro atoms. The minimum atomic E-state index is -0.112. The molecule has 1 aliphatic heterocycles. The van der Waals surface area contributed by atoms with E-state index >= 15 is 0 Å². The van der Waals surface area contributed by atoms with Gasteiger partial charge < -0.3 is 19.7 Å². The smallest absolute Gasteiger partial charge is 0.323 e. The fourth-order valence-electron chi connectivity index (χ4n) is 3.18. The number of urea groups is 1. The summed E-state index contributed by atoms with van der Waals surface area (Å²) in [4.78, 5) is 14.7. The fourth-order valence-corrected chi connectivity index (χ4v) is 4.43. The maximum atomic E-state index is 12.9. The molecular weight excluding hydrogens is 384 g/mol. The molecule has 0 radical (unpaired) electrons. The zero-order valence-corrected chi connectivity index (χ0v) is 16.9. The van der Waals surface area contributed by atoms with Gasteiger partial charge in [-0.05, 0) is 54.1 Å². The van der Waals surface area contributed by atoms with Crippen LogP contribution >= 0.6 is 11.8 Å². The molecule has 3 aromatic carbocycles. The molecule has 148 valence electrons. The molecule has 1 N–H and O–H groups in total. The number of benzene rings is 3. The van der Waals surface area contributed by atoms with Crippen LogP contribution in [0.5, 0.6) is 17.2 Å². The van der Waals surface area contributed by atoms with Gasteiger partial charge in [-0.1, -0.05) is 30.3 Å². The second-order valence-corrected chi connectivity index (χ2v) is 7.75. The summed E-state index contributed by atoms with van der Waals surface area (Å²) < 4.78 is 11.1. The van der Waals surface area contributed by atoms with Crippen LogP contribution in [0, 0.1) is 0 Å². The van der Waals surface area contributed by atoms with E-state index in [1.807, 2.05) is 83.8 Å². The van der Waals surface area contributed by atoms with Gasteiger partial charge in [-0.2, -0.15) is 0 Å². The van der Waals surface area contributed by atoms with Crippen molar-refractivity contribution in [2.24, 2.45) is 0 Å². The van der Waals surface area contributed by atoms with Crippen LogP contribution in [0.1, 0.15) is 10.9 Å². The molecule has 0 bridgehead atoms. The summed E-state index contributed by atoms with van der Waals surface area (Å²) in [6, 6.07) is 24.8. The Morgan fingerprint density at radius 2 is 1.72 bits per heavy atom. The second kappa shape index (κ2) is 8.92. The van der Waals surface area contributed by atoms with E-state index in [1.54, 1.807) is 18.9 Å². The number of rotatable bonds is 5. The number of hydrogen-bond donors (Lipinski definition) is 1. The van der Waals surface area contributed by atoms with Gasteiger partial charge >= 0.3 is 6.03 Å². The highest BCUT2D eigenvalue weighted by molar-refractivity contribution is 7.99. The molecule has 0 saturated carbocycles. The lowest BCUT2D eigenvalue weighted by Gasteiger charge is -2.25. The first-order valence-corrected chi connectivity index (χ1v) is 10.4. The topological polar surface area (TPSA) is 50.8 Å². The third-order valence-electron chi connectivity index (χ3n) is 4.62. The highest BCUT2D eigenvalue weighted by Gasteiger charge is 2.31. The lowest BCUT2D eigenvalue weighted by atomic mass is 10.2. The summed E-state index contributed by atoms with van der Waals surface area (Å²) in [5, 5.41) is 2.93. The van der Waals surface area contributed by atoms with E-state index in [0.717, 1.165) is 34.3 Å². The molecule has 0 aliphatic carbocycles. The van der Waals surface area contributed by atoms with E-state index in [0.29, 0.717) is 6.54 Å². The number of thioether (sulfide) groups is 1. The molecule has 4 rings (SSSR count).